The second-order valence-electron chi connectivity index (χ2n) is 8.45. The molecule has 2 aliphatic heterocycles. The Hall–Kier alpha value is -1.35. The number of anilines is 2. The summed E-state index contributed by atoms with van der Waals surface area (Å²) in [7, 11) is 0. The van der Waals surface area contributed by atoms with Gasteiger partial charge in [-0.15, -0.1) is 0 Å². The first-order valence-corrected chi connectivity index (χ1v) is 11.0. The molecule has 6 nitrogen and oxygen atoms in total. The fourth-order valence-corrected chi connectivity index (χ4v) is 5.86. The van der Waals surface area contributed by atoms with Crippen molar-refractivity contribution in [2.24, 2.45) is 17.8 Å². The summed E-state index contributed by atoms with van der Waals surface area (Å²) in [5, 5.41) is 0. The minimum atomic E-state index is -2.90. The lowest BCUT2D eigenvalue weighted by atomic mass is 9.92. The van der Waals surface area contributed by atoms with E-state index in [0.29, 0.717) is 47.8 Å². The Bertz CT molecular complexity index is 796. The van der Waals surface area contributed by atoms with E-state index in [1.807, 2.05) is 4.90 Å². The molecule has 9 heteroatoms. The zero-order chi connectivity index (χ0) is 18.9. The number of rotatable bonds is 4. The van der Waals surface area contributed by atoms with E-state index >= 15 is 0 Å². The molecule has 3 unspecified atom stereocenters. The number of halogens is 2. The highest BCUT2D eigenvalue weighted by Crippen LogP contribution is 2.54. The van der Waals surface area contributed by atoms with E-state index in [1.165, 1.54) is 0 Å². The second-order valence-corrected chi connectivity index (χ2v) is 9.42. The Morgan fingerprint density at radius 1 is 1.30 bits per heavy atom. The fraction of sp³-hybridized carbons (Fsp3) is 0.778. The van der Waals surface area contributed by atoms with Crippen molar-refractivity contribution >= 4 is 22.8 Å². The van der Waals surface area contributed by atoms with E-state index in [-0.39, 0.29) is 24.1 Å². The third-order valence-corrected chi connectivity index (χ3v) is 7.49. The Morgan fingerprint density at radius 2 is 2.04 bits per heavy atom. The normalized spacial score (nSPS) is 34.7. The first-order valence-electron chi connectivity index (χ1n) is 9.73. The van der Waals surface area contributed by atoms with Gasteiger partial charge in [-0.1, -0.05) is 0 Å². The summed E-state index contributed by atoms with van der Waals surface area (Å²) in [5.41, 5.74) is 0.521. The third-order valence-electron chi connectivity index (χ3n) is 6.82. The molecule has 4 aliphatic rings. The van der Waals surface area contributed by atoms with Crippen LogP contribution in [0.2, 0.25) is 0 Å². The molecule has 148 valence electrons. The lowest BCUT2D eigenvalue weighted by Gasteiger charge is -2.40. The van der Waals surface area contributed by atoms with Crippen LogP contribution in [0.4, 0.5) is 20.5 Å². The zero-order valence-electron chi connectivity index (χ0n) is 15.3. The van der Waals surface area contributed by atoms with Gasteiger partial charge in [0, 0.05) is 37.7 Å². The van der Waals surface area contributed by atoms with Crippen LogP contribution in [-0.4, -0.2) is 50.2 Å². The first kappa shape index (κ1) is 17.7. The molecule has 27 heavy (non-hydrogen) atoms. The predicted octanol–water partition coefficient (Wildman–Crippen LogP) is 2.41. The highest BCUT2D eigenvalue weighted by Gasteiger charge is 2.57. The number of piperidine rings is 1. The molecule has 3 fully saturated rings. The standard InChI is InChI=1S/C18H24F2N4O2S/c1-10-4-6-24(10)17-21-15-11(3-2-5-18(15,19)20)16(22-17)23-7-12-13(8-23)14(12)9-27(25)26/h10,12-14H,2-9H2,1H3,(H,25,26)/t10-,12?,13?,14?/m0/s1. The molecule has 0 amide bonds. The largest absolute Gasteiger partial charge is 0.356 e. The van der Waals surface area contributed by atoms with Gasteiger partial charge in [-0.3, -0.25) is 0 Å². The number of aromatic nitrogens is 2. The van der Waals surface area contributed by atoms with Crippen molar-refractivity contribution in [3.63, 3.8) is 0 Å². The Balaban J connectivity index is 1.47. The van der Waals surface area contributed by atoms with Crippen LogP contribution in [0, 0.1) is 17.8 Å². The van der Waals surface area contributed by atoms with Gasteiger partial charge in [-0.2, -0.15) is 13.8 Å². The van der Waals surface area contributed by atoms with Gasteiger partial charge in [-0.05, 0) is 43.9 Å². The molecule has 0 bridgehead atoms. The van der Waals surface area contributed by atoms with Crippen molar-refractivity contribution in [2.75, 3.05) is 35.2 Å². The van der Waals surface area contributed by atoms with Gasteiger partial charge in [0.25, 0.3) is 5.92 Å². The lowest BCUT2D eigenvalue weighted by molar-refractivity contribution is -0.0263. The molecule has 2 saturated heterocycles. The quantitative estimate of drug-likeness (QED) is 0.786. The maximum Gasteiger partial charge on any atom is 0.290 e. The molecule has 1 N–H and O–H groups in total. The molecule has 4 atom stereocenters. The van der Waals surface area contributed by atoms with Crippen molar-refractivity contribution < 1.29 is 17.5 Å². The molecule has 1 saturated carbocycles. The van der Waals surface area contributed by atoms with E-state index in [2.05, 4.69) is 16.8 Å². The maximum atomic E-state index is 14.6. The summed E-state index contributed by atoms with van der Waals surface area (Å²) in [6.45, 7) is 4.34. The van der Waals surface area contributed by atoms with Gasteiger partial charge < -0.3 is 14.4 Å². The summed E-state index contributed by atoms with van der Waals surface area (Å²) in [6.07, 6.45) is 1.91. The first-order chi connectivity index (χ1) is 12.8. The average molecular weight is 398 g/mol. The van der Waals surface area contributed by atoms with Crippen molar-refractivity contribution in [3.05, 3.63) is 11.3 Å². The summed E-state index contributed by atoms with van der Waals surface area (Å²) >= 11 is -1.77. The van der Waals surface area contributed by atoms with Crippen LogP contribution in [0.3, 0.4) is 0 Å². The number of fused-ring (bicyclic) bond motifs is 2. The fourth-order valence-electron chi connectivity index (χ4n) is 5.04. The lowest BCUT2D eigenvalue weighted by Crippen LogP contribution is -2.47. The van der Waals surface area contributed by atoms with Crippen molar-refractivity contribution in [1.29, 1.82) is 0 Å². The van der Waals surface area contributed by atoms with Crippen LogP contribution >= 0.6 is 0 Å². The molecule has 0 aromatic carbocycles. The van der Waals surface area contributed by atoms with Crippen molar-refractivity contribution in [1.82, 2.24) is 9.97 Å². The summed E-state index contributed by atoms with van der Waals surface area (Å²) in [6, 6.07) is 0.281. The summed E-state index contributed by atoms with van der Waals surface area (Å²) in [5.74, 6) is -0.445. The molecule has 3 heterocycles. The Kier molecular flexibility index (Phi) is 3.99. The molecule has 2 aliphatic carbocycles. The van der Waals surface area contributed by atoms with Crippen LogP contribution < -0.4 is 9.80 Å². The summed E-state index contributed by atoms with van der Waals surface area (Å²) in [4.78, 5) is 13.2. The number of alkyl halides is 2. The zero-order valence-corrected chi connectivity index (χ0v) is 16.1. The maximum absolute atomic E-state index is 14.6. The SMILES string of the molecule is C[C@H]1CCN1c1nc(N2CC3C(C2)C3CS(=O)O)c2c(n1)C(F)(F)CCC2. The van der Waals surface area contributed by atoms with E-state index in [9.17, 15) is 13.0 Å². The second kappa shape index (κ2) is 6.07. The smallest absolute Gasteiger partial charge is 0.290 e. The molecular formula is C18H24F2N4O2S. The van der Waals surface area contributed by atoms with Gasteiger partial charge in [0.15, 0.2) is 11.1 Å². The minimum Gasteiger partial charge on any atom is -0.356 e. The molecule has 5 rings (SSSR count). The number of hydrogen-bond donors (Lipinski definition) is 1. The highest BCUT2D eigenvalue weighted by molar-refractivity contribution is 7.79. The predicted molar refractivity (Wildman–Crippen MR) is 98.6 cm³/mol. The topological polar surface area (TPSA) is 69.6 Å². The average Bonchev–Trinajstić information content (AvgIpc) is 3.03. The monoisotopic (exact) mass is 398 g/mol. The van der Waals surface area contributed by atoms with Gasteiger partial charge in [-0.25, -0.2) is 9.19 Å². The molecule has 1 aromatic rings. The minimum absolute atomic E-state index is 0.0820. The van der Waals surface area contributed by atoms with Gasteiger partial charge in [0.1, 0.15) is 11.5 Å². The molecule has 0 radical (unpaired) electrons. The summed E-state index contributed by atoms with van der Waals surface area (Å²) < 4.78 is 49.5. The van der Waals surface area contributed by atoms with Crippen LogP contribution in [0.15, 0.2) is 0 Å². The highest BCUT2D eigenvalue weighted by atomic mass is 32.2. The van der Waals surface area contributed by atoms with Crippen molar-refractivity contribution in [3.8, 4) is 0 Å². The van der Waals surface area contributed by atoms with Gasteiger partial charge in [0.05, 0.1) is 5.75 Å². The van der Waals surface area contributed by atoms with Gasteiger partial charge in [0.2, 0.25) is 5.95 Å². The van der Waals surface area contributed by atoms with Gasteiger partial charge >= 0.3 is 0 Å². The van der Waals surface area contributed by atoms with Crippen LogP contribution in [0.1, 0.15) is 37.4 Å². The van der Waals surface area contributed by atoms with E-state index in [0.717, 1.165) is 26.1 Å². The van der Waals surface area contributed by atoms with Crippen LogP contribution in [0.25, 0.3) is 0 Å². The van der Waals surface area contributed by atoms with Crippen LogP contribution in [-0.2, 0) is 23.4 Å². The van der Waals surface area contributed by atoms with E-state index in [4.69, 9.17) is 9.54 Å². The Labute approximate surface area is 159 Å². The number of hydrogen-bond acceptors (Lipinski definition) is 5. The van der Waals surface area contributed by atoms with Crippen molar-refractivity contribution in [2.45, 2.75) is 44.6 Å². The van der Waals surface area contributed by atoms with Crippen LogP contribution in [0.5, 0.6) is 0 Å². The van der Waals surface area contributed by atoms with E-state index in [1.54, 1.807) is 0 Å². The van der Waals surface area contributed by atoms with E-state index < -0.39 is 17.0 Å². The molecule has 0 spiro atoms. The molecular weight excluding hydrogens is 374 g/mol. The molecule has 1 aromatic heterocycles. The number of nitrogens with zero attached hydrogens (tertiary/aromatic N) is 4. The Morgan fingerprint density at radius 3 is 2.63 bits per heavy atom. The third kappa shape index (κ3) is 2.85.